The number of rotatable bonds is 7. The SMILES string of the molecule is C=CCOP(=O)(O)CCOc1ccccc1. The molecule has 0 aliphatic heterocycles. The van der Waals surface area contributed by atoms with Crippen molar-refractivity contribution in [3.8, 4) is 5.75 Å². The van der Waals surface area contributed by atoms with E-state index in [-0.39, 0.29) is 19.4 Å². The van der Waals surface area contributed by atoms with E-state index in [2.05, 4.69) is 6.58 Å². The maximum absolute atomic E-state index is 11.4. The van der Waals surface area contributed by atoms with Crippen LogP contribution in [0.5, 0.6) is 5.75 Å². The van der Waals surface area contributed by atoms with Crippen LogP contribution in [0.15, 0.2) is 43.0 Å². The van der Waals surface area contributed by atoms with E-state index in [1.807, 2.05) is 18.2 Å². The standard InChI is InChI=1S/C11H15O4P/c1-2-8-15-16(12,13)10-9-14-11-6-4-3-5-7-11/h2-7H,1,8-10H2,(H,12,13). The van der Waals surface area contributed by atoms with Crippen LogP contribution in [0.2, 0.25) is 0 Å². The molecular formula is C11H15O4P. The zero-order chi connectivity index (χ0) is 11.9. The molecule has 0 aliphatic carbocycles. The molecule has 16 heavy (non-hydrogen) atoms. The Labute approximate surface area is 95.1 Å². The molecule has 1 atom stereocenters. The summed E-state index contributed by atoms with van der Waals surface area (Å²) in [6.45, 7) is 3.62. The average Bonchev–Trinajstić information content (AvgIpc) is 2.28. The van der Waals surface area contributed by atoms with Crippen LogP contribution in [0, 0.1) is 0 Å². The lowest BCUT2D eigenvalue weighted by Crippen LogP contribution is -2.05. The Hall–Kier alpha value is -1.09. The minimum atomic E-state index is -3.54. The molecule has 1 aromatic rings. The molecule has 1 rings (SSSR count). The third kappa shape index (κ3) is 5.12. The number of ether oxygens (including phenoxy) is 1. The lowest BCUT2D eigenvalue weighted by Gasteiger charge is -2.11. The van der Waals surface area contributed by atoms with E-state index < -0.39 is 7.60 Å². The van der Waals surface area contributed by atoms with Gasteiger partial charge in [0.15, 0.2) is 0 Å². The number of para-hydroxylation sites is 1. The molecule has 0 fully saturated rings. The van der Waals surface area contributed by atoms with Gasteiger partial charge >= 0.3 is 7.60 Å². The number of hydrogen-bond donors (Lipinski definition) is 1. The lowest BCUT2D eigenvalue weighted by atomic mass is 10.3. The molecule has 0 amide bonds. The molecule has 4 nitrogen and oxygen atoms in total. The summed E-state index contributed by atoms with van der Waals surface area (Å²) in [4.78, 5) is 9.33. The topological polar surface area (TPSA) is 55.8 Å². The quantitative estimate of drug-likeness (QED) is 0.589. The van der Waals surface area contributed by atoms with Crippen LogP contribution >= 0.6 is 7.60 Å². The lowest BCUT2D eigenvalue weighted by molar-refractivity contribution is 0.271. The van der Waals surface area contributed by atoms with Crippen LogP contribution in [-0.2, 0) is 9.09 Å². The van der Waals surface area contributed by atoms with Crippen molar-refractivity contribution in [2.45, 2.75) is 0 Å². The second kappa shape index (κ2) is 6.48. The summed E-state index contributed by atoms with van der Waals surface area (Å²) in [5, 5.41) is 0. The van der Waals surface area contributed by atoms with Gasteiger partial charge in [-0.15, -0.1) is 6.58 Å². The van der Waals surface area contributed by atoms with Crippen molar-refractivity contribution in [1.82, 2.24) is 0 Å². The third-order valence-corrected chi connectivity index (χ3v) is 3.08. The Morgan fingerprint density at radius 3 is 2.69 bits per heavy atom. The van der Waals surface area contributed by atoms with E-state index in [4.69, 9.17) is 9.26 Å². The van der Waals surface area contributed by atoms with E-state index >= 15 is 0 Å². The van der Waals surface area contributed by atoms with Crippen LogP contribution in [0.1, 0.15) is 0 Å². The van der Waals surface area contributed by atoms with E-state index in [1.165, 1.54) is 6.08 Å². The zero-order valence-electron chi connectivity index (χ0n) is 8.91. The minimum absolute atomic E-state index is 0.0320. The Bertz CT molecular complexity index is 364. The molecule has 0 spiro atoms. The summed E-state index contributed by atoms with van der Waals surface area (Å²) in [5.74, 6) is 0.672. The highest BCUT2D eigenvalue weighted by atomic mass is 31.2. The normalized spacial score (nSPS) is 14.1. The second-order valence-electron chi connectivity index (χ2n) is 3.11. The average molecular weight is 242 g/mol. The van der Waals surface area contributed by atoms with Crippen molar-refractivity contribution in [3.05, 3.63) is 43.0 Å². The minimum Gasteiger partial charge on any atom is -0.493 e. The van der Waals surface area contributed by atoms with Gasteiger partial charge in [-0.05, 0) is 12.1 Å². The fourth-order valence-electron chi connectivity index (χ4n) is 1.03. The van der Waals surface area contributed by atoms with Gasteiger partial charge in [0.05, 0.1) is 19.4 Å². The van der Waals surface area contributed by atoms with Crippen molar-refractivity contribution in [3.63, 3.8) is 0 Å². The van der Waals surface area contributed by atoms with Gasteiger partial charge in [-0.25, -0.2) is 0 Å². The zero-order valence-corrected chi connectivity index (χ0v) is 9.81. The maximum Gasteiger partial charge on any atom is 0.331 e. The highest BCUT2D eigenvalue weighted by Crippen LogP contribution is 2.41. The highest BCUT2D eigenvalue weighted by Gasteiger charge is 2.18. The molecule has 0 radical (unpaired) electrons. The molecule has 0 heterocycles. The third-order valence-electron chi connectivity index (χ3n) is 1.78. The molecule has 5 heteroatoms. The van der Waals surface area contributed by atoms with Gasteiger partial charge in [0.25, 0.3) is 0 Å². The Morgan fingerprint density at radius 1 is 1.38 bits per heavy atom. The summed E-state index contributed by atoms with van der Waals surface area (Å²) in [6.07, 6.45) is 1.40. The van der Waals surface area contributed by atoms with Crippen LogP contribution in [0.25, 0.3) is 0 Å². The highest BCUT2D eigenvalue weighted by molar-refractivity contribution is 7.52. The van der Waals surface area contributed by atoms with Crippen molar-refractivity contribution in [2.24, 2.45) is 0 Å². The second-order valence-corrected chi connectivity index (χ2v) is 5.09. The van der Waals surface area contributed by atoms with Crippen molar-refractivity contribution >= 4 is 7.60 Å². The van der Waals surface area contributed by atoms with Gasteiger partial charge in [0.2, 0.25) is 0 Å². The largest absolute Gasteiger partial charge is 0.493 e. The summed E-state index contributed by atoms with van der Waals surface area (Å²) in [7, 11) is -3.54. The smallest absolute Gasteiger partial charge is 0.331 e. The first-order valence-electron chi connectivity index (χ1n) is 4.89. The fourth-order valence-corrected chi connectivity index (χ4v) is 1.82. The molecule has 0 bridgehead atoms. The maximum atomic E-state index is 11.4. The molecule has 1 unspecified atom stereocenters. The van der Waals surface area contributed by atoms with E-state index in [0.29, 0.717) is 5.75 Å². The summed E-state index contributed by atoms with van der Waals surface area (Å²) < 4.78 is 21.4. The summed E-state index contributed by atoms with van der Waals surface area (Å²) in [6, 6.07) is 9.11. The predicted molar refractivity (Wildman–Crippen MR) is 62.8 cm³/mol. The van der Waals surface area contributed by atoms with Gasteiger partial charge < -0.3 is 14.2 Å². The van der Waals surface area contributed by atoms with Crippen LogP contribution < -0.4 is 4.74 Å². The van der Waals surface area contributed by atoms with Crippen molar-refractivity contribution < 1.29 is 18.7 Å². The van der Waals surface area contributed by atoms with Crippen LogP contribution in [-0.4, -0.2) is 24.3 Å². The fraction of sp³-hybridized carbons (Fsp3) is 0.273. The molecule has 0 saturated heterocycles. The summed E-state index contributed by atoms with van der Waals surface area (Å²) in [5.41, 5.74) is 0. The van der Waals surface area contributed by atoms with E-state index in [0.717, 1.165) is 0 Å². The van der Waals surface area contributed by atoms with Gasteiger partial charge in [0.1, 0.15) is 5.75 Å². The Kier molecular flexibility index (Phi) is 5.26. The van der Waals surface area contributed by atoms with Gasteiger partial charge in [-0.2, -0.15) is 0 Å². The first-order chi connectivity index (χ1) is 7.64. The van der Waals surface area contributed by atoms with Gasteiger partial charge in [0, 0.05) is 0 Å². The molecule has 0 aliphatic rings. The van der Waals surface area contributed by atoms with E-state index in [1.54, 1.807) is 12.1 Å². The predicted octanol–water partition coefficient (Wildman–Crippen LogP) is 2.45. The molecule has 88 valence electrons. The van der Waals surface area contributed by atoms with Crippen molar-refractivity contribution in [2.75, 3.05) is 19.4 Å². The Morgan fingerprint density at radius 2 is 2.06 bits per heavy atom. The first kappa shape index (κ1) is 13.0. The van der Waals surface area contributed by atoms with Crippen LogP contribution in [0.3, 0.4) is 0 Å². The monoisotopic (exact) mass is 242 g/mol. The molecule has 0 aromatic heterocycles. The molecule has 0 saturated carbocycles. The molecular weight excluding hydrogens is 227 g/mol. The van der Waals surface area contributed by atoms with Crippen molar-refractivity contribution in [1.29, 1.82) is 0 Å². The van der Waals surface area contributed by atoms with Gasteiger partial charge in [-0.3, -0.25) is 4.57 Å². The number of benzene rings is 1. The van der Waals surface area contributed by atoms with E-state index in [9.17, 15) is 9.46 Å². The molecule has 1 aromatic carbocycles. The molecule has 1 N–H and O–H groups in total. The summed E-state index contributed by atoms with van der Waals surface area (Å²) >= 11 is 0. The number of hydrogen-bond acceptors (Lipinski definition) is 3. The van der Waals surface area contributed by atoms with Crippen LogP contribution in [0.4, 0.5) is 0 Å². The first-order valence-corrected chi connectivity index (χ1v) is 6.65. The van der Waals surface area contributed by atoms with Gasteiger partial charge in [-0.1, -0.05) is 24.3 Å². The Balaban J connectivity index is 2.30.